The van der Waals surface area contributed by atoms with Crippen molar-refractivity contribution in [1.29, 1.82) is 0 Å². The molecule has 0 saturated carbocycles. The van der Waals surface area contributed by atoms with Crippen molar-refractivity contribution in [1.82, 2.24) is 25.2 Å². The zero-order valence-corrected chi connectivity index (χ0v) is 23.8. The quantitative estimate of drug-likeness (QED) is 0.271. The third-order valence-electron chi connectivity index (χ3n) is 7.50. The fourth-order valence-electron chi connectivity index (χ4n) is 5.37. The lowest BCUT2D eigenvalue weighted by atomic mass is 10.0. The number of fused-ring (bicyclic) bond motifs is 2. The third kappa shape index (κ3) is 6.19. The Morgan fingerprint density at radius 2 is 2.00 bits per heavy atom. The molecule has 43 heavy (non-hydrogen) atoms. The van der Waals surface area contributed by atoms with E-state index in [-0.39, 0.29) is 49.3 Å². The van der Waals surface area contributed by atoms with Crippen LogP contribution in [0, 0.1) is 0 Å². The van der Waals surface area contributed by atoms with Gasteiger partial charge in [0.2, 0.25) is 18.6 Å². The van der Waals surface area contributed by atoms with Crippen LogP contribution in [0.3, 0.4) is 0 Å². The Hall–Kier alpha value is -4.84. The van der Waals surface area contributed by atoms with Crippen LogP contribution in [0.5, 0.6) is 23.0 Å². The zero-order chi connectivity index (χ0) is 29.8. The van der Waals surface area contributed by atoms with Crippen molar-refractivity contribution in [3.8, 4) is 23.0 Å². The molecule has 0 radical (unpaired) electrons. The van der Waals surface area contributed by atoms with Crippen LogP contribution in [0.25, 0.3) is 11.0 Å². The SMILES string of the molecule is CCOc1cc([C@@H](C(=O)NC[C@H]2CCCO2)N(Cc2ccc3c(c2)OCO3)C(=O)Cn2nnc3ccccc32)ccc1O. The maximum Gasteiger partial charge on any atom is 0.247 e. The Labute approximate surface area is 248 Å². The van der Waals surface area contributed by atoms with E-state index in [2.05, 4.69) is 15.6 Å². The highest BCUT2D eigenvalue weighted by atomic mass is 16.7. The van der Waals surface area contributed by atoms with Crippen LogP contribution in [0.1, 0.15) is 36.9 Å². The third-order valence-corrected chi connectivity index (χ3v) is 7.50. The highest BCUT2D eigenvalue weighted by Gasteiger charge is 2.34. The summed E-state index contributed by atoms with van der Waals surface area (Å²) in [6.45, 7) is 3.11. The number of nitrogens with zero attached hydrogens (tertiary/aromatic N) is 4. The van der Waals surface area contributed by atoms with Crippen LogP contribution >= 0.6 is 0 Å². The predicted molar refractivity (Wildman–Crippen MR) is 155 cm³/mol. The number of para-hydroxylation sites is 1. The van der Waals surface area contributed by atoms with E-state index in [1.165, 1.54) is 15.6 Å². The van der Waals surface area contributed by atoms with E-state index in [9.17, 15) is 14.7 Å². The summed E-state index contributed by atoms with van der Waals surface area (Å²) >= 11 is 0. The van der Waals surface area contributed by atoms with Crippen molar-refractivity contribution in [2.45, 2.75) is 45.0 Å². The number of carbonyl (C=O) groups excluding carboxylic acids is 2. The summed E-state index contributed by atoms with van der Waals surface area (Å²) < 4.78 is 23.9. The second kappa shape index (κ2) is 12.6. The van der Waals surface area contributed by atoms with Crippen molar-refractivity contribution >= 4 is 22.8 Å². The number of carbonyl (C=O) groups is 2. The molecule has 1 fully saturated rings. The fraction of sp³-hybridized carbons (Fsp3) is 0.355. The van der Waals surface area contributed by atoms with Gasteiger partial charge in [-0.1, -0.05) is 29.5 Å². The molecule has 2 atom stereocenters. The number of phenols is 1. The first-order chi connectivity index (χ1) is 21.0. The molecule has 4 aromatic rings. The predicted octanol–water partition coefficient (Wildman–Crippen LogP) is 3.33. The van der Waals surface area contributed by atoms with Crippen LogP contribution in [-0.4, -0.2) is 69.5 Å². The molecular weight excluding hydrogens is 554 g/mol. The van der Waals surface area contributed by atoms with Crippen LogP contribution in [0.4, 0.5) is 0 Å². The monoisotopic (exact) mass is 587 g/mol. The molecule has 0 bridgehead atoms. The number of aromatic nitrogens is 3. The van der Waals surface area contributed by atoms with Crippen LogP contribution < -0.4 is 19.5 Å². The van der Waals surface area contributed by atoms with Gasteiger partial charge in [0.1, 0.15) is 18.1 Å². The largest absolute Gasteiger partial charge is 0.504 e. The fourth-order valence-corrected chi connectivity index (χ4v) is 5.37. The van der Waals surface area contributed by atoms with E-state index in [0.29, 0.717) is 47.9 Å². The van der Waals surface area contributed by atoms with Crippen molar-refractivity contribution in [3.63, 3.8) is 0 Å². The minimum absolute atomic E-state index is 0.0631. The lowest BCUT2D eigenvalue weighted by Gasteiger charge is -2.32. The highest BCUT2D eigenvalue weighted by molar-refractivity contribution is 5.89. The number of benzene rings is 3. The number of nitrogens with one attached hydrogen (secondary N) is 1. The van der Waals surface area contributed by atoms with Crippen molar-refractivity contribution in [3.05, 3.63) is 71.8 Å². The van der Waals surface area contributed by atoms with Gasteiger partial charge in [0.15, 0.2) is 23.0 Å². The molecule has 12 heteroatoms. The Kier molecular flexibility index (Phi) is 8.27. The summed E-state index contributed by atoms with van der Waals surface area (Å²) in [6.07, 6.45) is 1.68. The van der Waals surface area contributed by atoms with Gasteiger partial charge in [0.25, 0.3) is 0 Å². The van der Waals surface area contributed by atoms with Gasteiger partial charge in [-0.3, -0.25) is 9.59 Å². The van der Waals surface area contributed by atoms with Gasteiger partial charge < -0.3 is 34.3 Å². The molecule has 0 aliphatic carbocycles. The summed E-state index contributed by atoms with van der Waals surface area (Å²) in [5, 5.41) is 21.8. The van der Waals surface area contributed by atoms with E-state index in [4.69, 9.17) is 18.9 Å². The Balaban J connectivity index is 1.38. The van der Waals surface area contributed by atoms with Gasteiger partial charge in [-0.15, -0.1) is 5.10 Å². The first kappa shape index (κ1) is 28.3. The average molecular weight is 588 g/mol. The first-order valence-corrected chi connectivity index (χ1v) is 14.3. The maximum atomic E-state index is 14.2. The molecule has 3 aromatic carbocycles. The Bertz CT molecular complexity index is 1620. The van der Waals surface area contributed by atoms with Crippen molar-refractivity contribution < 1.29 is 33.6 Å². The van der Waals surface area contributed by atoms with Gasteiger partial charge in [0, 0.05) is 19.7 Å². The number of ether oxygens (including phenoxy) is 4. The highest BCUT2D eigenvalue weighted by Crippen LogP contribution is 2.36. The number of hydrogen-bond acceptors (Lipinski definition) is 9. The summed E-state index contributed by atoms with van der Waals surface area (Å²) in [5.74, 6) is 0.579. The summed E-state index contributed by atoms with van der Waals surface area (Å²) in [5.41, 5.74) is 2.57. The minimum atomic E-state index is -1.08. The number of hydrogen-bond donors (Lipinski definition) is 2. The average Bonchev–Trinajstić information content (AvgIpc) is 3.79. The van der Waals surface area contributed by atoms with E-state index in [1.54, 1.807) is 31.2 Å². The van der Waals surface area contributed by atoms with Gasteiger partial charge >= 0.3 is 0 Å². The smallest absolute Gasteiger partial charge is 0.247 e. The number of aromatic hydroxyl groups is 1. The molecule has 1 saturated heterocycles. The van der Waals surface area contributed by atoms with Crippen LogP contribution in [-0.2, 0) is 27.4 Å². The van der Waals surface area contributed by atoms with Gasteiger partial charge in [-0.05, 0) is 67.3 Å². The molecule has 2 N–H and O–H groups in total. The van der Waals surface area contributed by atoms with Gasteiger partial charge in [-0.2, -0.15) is 0 Å². The molecule has 2 aliphatic rings. The summed E-state index contributed by atoms with van der Waals surface area (Å²) in [4.78, 5) is 29.8. The standard InChI is InChI=1S/C31H33N5O7/c1-2-40-27-15-21(10-11-25(27)37)30(31(39)32-16-22-6-5-13-41-22)35(17-20-9-12-26-28(14-20)43-19-42-26)29(38)18-36-24-8-4-3-7-23(24)33-34-36/h3-4,7-12,14-15,22,30,37H,2,5-6,13,16-19H2,1H3,(H,32,39)/t22-,30+/m1/s1. The molecule has 0 spiro atoms. The normalized spacial score (nSPS) is 16.3. The Morgan fingerprint density at radius 3 is 2.84 bits per heavy atom. The molecule has 2 amide bonds. The first-order valence-electron chi connectivity index (χ1n) is 14.3. The topological polar surface area (TPSA) is 137 Å². The van der Waals surface area contributed by atoms with Crippen LogP contribution in [0.2, 0.25) is 0 Å². The number of amides is 2. The molecule has 224 valence electrons. The molecular formula is C31H33N5O7. The van der Waals surface area contributed by atoms with E-state index < -0.39 is 6.04 Å². The molecule has 6 rings (SSSR count). The molecule has 12 nitrogen and oxygen atoms in total. The maximum absolute atomic E-state index is 14.2. The number of rotatable bonds is 11. The van der Waals surface area contributed by atoms with Gasteiger partial charge in [-0.25, -0.2) is 4.68 Å². The van der Waals surface area contributed by atoms with Crippen LogP contribution in [0.15, 0.2) is 60.7 Å². The second-order valence-corrected chi connectivity index (χ2v) is 10.4. The number of phenolic OH excluding ortho intramolecular Hbond substituents is 1. The second-order valence-electron chi connectivity index (χ2n) is 10.4. The van der Waals surface area contributed by atoms with Gasteiger partial charge in [0.05, 0.1) is 18.2 Å². The van der Waals surface area contributed by atoms with E-state index in [1.807, 2.05) is 30.3 Å². The lowest BCUT2D eigenvalue weighted by molar-refractivity contribution is -0.142. The summed E-state index contributed by atoms with van der Waals surface area (Å²) in [6, 6.07) is 16.4. The lowest BCUT2D eigenvalue weighted by Crippen LogP contribution is -2.46. The summed E-state index contributed by atoms with van der Waals surface area (Å²) in [7, 11) is 0. The molecule has 2 aliphatic heterocycles. The minimum Gasteiger partial charge on any atom is -0.504 e. The van der Waals surface area contributed by atoms with Crippen molar-refractivity contribution in [2.24, 2.45) is 0 Å². The molecule has 0 unspecified atom stereocenters. The zero-order valence-electron chi connectivity index (χ0n) is 23.8. The molecule has 3 heterocycles. The van der Waals surface area contributed by atoms with E-state index in [0.717, 1.165) is 18.4 Å². The molecule has 1 aromatic heterocycles. The van der Waals surface area contributed by atoms with E-state index >= 15 is 0 Å². The Morgan fingerprint density at radius 1 is 1.14 bits per heavy atom. The van der Waals surface area contributed by atoms with Crippen molar-refractivity contribution in [2.75, 3.05) is 26.6 Å².